The fourth-order valence-corrected chi connectivity index (χ4v) is 2.62. The molecule has 2 heterocycles. The van der Waals surface area contributed by atoms with Gasteiger partial charge in [-0.15, -0.1) is 11.3 Å². The van der Waals surface area contributed by atoms with Crippen LogP contribution in [0.25, 0.3) is 11.3 Å². The molecule has 0 saturated heterocycles. The minimum Gasteiger partial charge on any atom is -0.356 e. The van der Waals surface area contributed by atoms with Gasteiger partial charge >= 0.3 is 0 Å². The summed E-state index contributed by atoms with van der Waals surface area (Å²) in [6.45, 7) is 1.07. The SMILES string of the molecule is NCCC(=O)NCCCc1nc(-c2ccncc2)cs1. The maximum absolute atomic E-state index is 11.2. The molecule has 3 N–H and O–H groups in total. The molecule has 0 aliphatic carbocycles. The molecule has 0 saturated carbocycles. The van der Waals surface area contributed by atoms with E-state index in [1.165, 1.54) is 0 Å². The van der Waals surface area contributed by atoms with Gasteiger partial charge in [0, 0.05) is 49.3 Å². The lowest BCUT2D eigenvalue weighted by Crippen LogP contribution is -2.26. The standard InChI is InChI=1S/C14H18N4OS/c15-6-3-13(19)17-7-1-2-14-18-12(10-20-14)11-4-8-16-9-5-11/h4-5,8-10H,1-3,6-7,15H2,(H,17,19). The molecule has 1 amide bonds. The Balaban J connectivity index is 1.78. The minimum atomic E-state index is 0.0177. The molecule has 0 aliphatic heterocycles. The number of carbonyl (C=O) groups excluding carboxylic acids is 1. The Morgan fingerprint density at radius 1 is 1.35 bits per heavy atom. The van der Waals surface area contributed by atoms with Crippen molar-refractivity contribution >= 4 is 17.2 Å². The van der Waals surface area contributed by atoms with Crippen molar-refractivity contribution in [2.45, 2.75) is 19.3 Å². The summed E-state index contributed by atoms with van der Waals surface area (Å²) in [4.78, 5) is 19.8. The lowest BCUT2D eigenvalue weighted by atomic mass is 10.2. The number of hydrogen-bond acceptors (Lipinski definition) is 5. The number of aryl methyl sites for hydroxylation is 1. The fraction of sp³-hybridized carbons (Fsp3) is 0.357. The highest BCUT2D eigenvalue weighted by atomic mass is 32.1. The fourth-order valence-electron chi connectivity index (χ4n) is 1.77. The first-order chi connectivity index (χ1) is 9.79. The average Bonchev–Trinajstić information content (AvgIpc) is 2.94. The molecule has 20 heavy (non-hydrogen) atoms. The van der Waals surface area contributed by atoms with Gasteiger partial charge in [0.15, 0.2) is 0 Å². The Kier molecular flexibility index (Phi) is 5.64. The highest BCUT2D eigenvalue weighted by Gasteiger charge is 2.04. The smallest absolute Gasteiger partial charge is 0.221 e. The third-order valence-electron chi connectivity index (χ3n) is 2.79. The third kappa shape index (κ3) is 4.40. The summed E-state index contributed by atoms with van der Waals surface area (Å²) in [5.41, 5.74) is 7.38. The van der Waals surface area contributed by atoms with Crippen molar-refractivity contribution in [3.63, 3.8) is 0 Å². The van der Waals surface area contributed by atoms with Crippen molar-refractivity contribution in [2.75, 3.05) is 13.1 Å². The first kappa shape index (κ1) is 14.6. The predicted octanol–water partition coefficient (Wildman–Crippen LogP) is 1.60. The summed E-state index contributed by atoms with van der Waals surface area (Å²) in [5.74, 6) is 0.0177. The lowest BCUT2D eigenvalue weighted by molar-refractivity contribution is -0.120. The molecule has 0 aliphatic rings. The summed E-state index contributed by atoms with van der Waals surface area (Å²) in [6.07, 6.45) is 5.68. The largest absolute Gasteiger partial charge is 0.356 e. The Morgan fingerprint density at radius 2 is 2.15 bits per heavy atom. The quantitative estimate of drug-likeness (QED) is 0.759. The van der Waals surface area contributed by atoms with Gasteiger partial charge in [-0.25, -0.2) is 4.98 Å². The van der Waals surface area contributed by atoms with E-state index in [4.69, 9.17) is 5.73 Å². The molecule has 0 spiro atoms. The topological polar surface area (TPSA) is 80.9 Å². The Morgan fingerprint density at radius 3 is 2.90 bits per heavy atom. The van der Waals surface area contributed by atoms with Crippen molar-refractivity contribution < 1.29 is 4.79 Å². The van der Waals surface area contributed by atoms with Crippen LogP contribution in [0, 0.1) is 0 Å². The second-order valence-corrected chi connectivity index (χ2v) is 5.30. The zero-order valence-electron chi connectivity index (χ0n) is 11.2. The van der Waals surface area contributed by atoms with Gasteiger partial charge < -0.3 is 11.1 Å². The summed E-state index contributed by atoms with van der Waals surface area (Å²) in [7, 11) is 0. The average molecular weight is 290 g/mol. The van der Waals surface area contributed by atoms with Crippen LogP contribution in [0.15, 0.2) is 29.9 Å². The maximum atomic E-state index is 11.2. The van der Waals surface area contributed by atoms with Gasteiger partial charge in [-0.2, -0.15) is 0 Å². The van der Waals surface area contributed by atoms with Gasteiger partial charge in [-0.3, -0.25) is 9.78 Å². The number of nitrogens with one attached hydrogen (secondary N) is 1. The van der Waals surface area contributed by atoms with Crippen LogP contribution in [0.1, 0.15) is 17.8 Å². The van der Waals surface area contributed by atoms with Crippen LogP contribution in [0.3, 0.4) is 0 Å². The molecule has 6 heteroatoms. The second-order valence-electron chi connectivity index (χ2n) is 4.35. The molecule has 0 unspecified atom stereocenters. The molecule has 0 fully saturated rings. The van der Waals surface area contributed by atoms with E-state index in [-0.39, 0.29) is 5.91 Å². The van der Waals surface area contributed by atoms with Crippen molar-refractivity contribution in [1.29, 1.82) is 0 Å². The van der Waals surface area contributed by atoms with Crippen molar-refractivity contribution in [3.8, 4) is 11.3 Å². The van der Waals surface area contributed by atoms with Gasteiger partial charge in [0.1, 0.15) is 0 Å². The predicted molar refractivity (Wildman–Crippen MR) is 80.3 cm³/mol. The first-order valence-electron chi connectivity index (χ1n) is 6.61. The number of carbonyl (C=O) groups is 1. The zero-order chi connectivity index (χ0) is 14.2. The molecule has 0 aromatic carbocycles. The molecule has 0 atom stereocenters. The molecule has 2 aromatic heterocycles. The van der Waals surface area contributed by atoms with E-state index >= 15 is 0 Å². The number of amides is 1. The molecular weight excluding hydrogens is 272 g/mol. The number of hydrogen-bond donors (Lipinski definition) is 2. The van der Waals surface area contributed by atoms with E-state index in [9.17, 15) is 4.79 Å². The van der Waals surface area contributed by atoms with Crippen molar-refractivity contribution in [3.05, 3.63) is 34.9 Å². The van der Waals surface area contributed by atoms with Gasteiger partial charge in [-0.05, 0) is 18.6 Å². The molecule has 0 bridgehead atoms. The number of nitrogens with two attached hydrogens (primary N) is 1. The molecule has 106 valence electrons. The highest BCUT2D eigenvalue weighted by molar-refractivity contribution is 7.09. The Labute approximate surface area is 122 Å². The number of nitrogens with zero attached hydrogens (tertiary/aromatic N) is 2. The van der Waals surface area contributed by atoms with E-state index in [0.717, 1.165) is 29.1 Å². The molecular formula is C14H18N4OS. The number of rotatable bonds is 7. The lowest BCUT2D eigenvalue weighted by Gasteiger charge is -2.02. The van der Waals surface area contributed by atoms with Crippen molar-refractivity contribution in [1.82, 2.24) is 15.3 Å². The van der Waals surface area contributed by atoms with Crippen molar-refractivity contribution in [2.24, 2.45) is 5.73 Å². The van der Waals surface area contributed by atoms with E-state index in [0.29, 0.717) is 19.5 Å². The maximum Gasteiger partial charge on any atom is 0.221 e. The molecule has 0 radical (unpaired) electrons. The second kappa shape index (κ2) is 7.72. The normalized spacial score (nSPS) is 10.4. The van der Waals surface area contributed by atoms with Gasteiger partial charge in [0.05, 0.1) is 10.7 Å². The van der Waals surface area contributed by atoms with Crippen LogP contribution >= 0.6 is 11.3 Å². The van der Waals surface area contributed by atoms with Crippen LogP contribution in [-0.4, -0.2) is 29.0 Å². The van der Waals surface area contributed by atoms with E-state index in [1.807, 2.05) is 12.1 Å². The summed E-state index contributed by atoms with van der Waals surface area (Å²) >= 11 is 1.65. The van der Waals surface area contributed by atoms with E-state index in [1.54, 1.807) is 23.7 Å². The number of pyridine rings is 1. The highest BCUT2D eigenvalue weighted by Crippen LogP contribution is 2.21. The third-order valence-corrected chi connectivity index (χ3v) is 3.70. The minimum absolute atomic E-state index is 0.0177. The van der Waals surface area contributed by atoms with Gasteiger partial charge in [0.25, 0.3) is 0 Å². The first-order valence-corrected chi connectivity index (χ1v) is 7.49. The Hall–Kier alpha value is -1.79. The van der Waals surface area contributed by atoms with Crippen LogP contribution in [0.4, 0.5) is 0 Å². The molecule has 2 rings (SSSR count). The Bertz CT molecular complexity index is 541. The summed E-state index contributed by atoms with van der Waals surface area (Å²) in [5, 5.41) is 5.98. The zero-order valence-corrected chi connectivity index (χ0v) is 12.0. The van der Waals surface area contributed by atoms with Crippen LogP contribution in [0.5, 0.6) is 0 Å². The number of thiazole rings is 1. The van der Waals surface area contributed by atoms with Crippen LogP contribution in [0.2, 0.25) is 0 Å². The summed E-state index contributed by atoms with van der Waals surface area (Å²) in [6, 6.07) is 3.90. The van der Waals surface area contributed by atoms with E-state index in [2.05, 4.69) is 20.7 Å². The van der Waals surface area contributed by atoms with E-state index < -0.39 is 0 Å². The monoisotopic (exact) mass is 290 g/mol. The van der Waals surface area contributed by atoms with Crippen LogP contribution < -0.4 is 11.1 Å². The van der Waals surface area contributed by atoms with Gasteiger partial charge in [0.2, 0.25) is 5.91 Å². The van der Waals surface area contributed by atoms with Crippen LogP contribution in [-0.2, 0) is 11.2 Å². The molecule has 2 aromatic rings. The molecule has 5 nitrogen and oxygen atoms in total. The summed E-state index contributed by atoms with van der Waals surface area (Å²) < 4.78 is 0. The number of aromatic nitrogens is 2. The van der Waals surface area contributed by atoms with Gasteiger partial charge in [-0.1, -0.05) is 0 Å².